The lowest BCUT2D eigenvalue weighted by Gasteiger charge is -1.95. The Morgan fingerprint density at radius 3 is 2.87 bits per heavy atom. The predicted molar refractivity (Wildman–Crippen MR) is 54.0 cm³/mol. The fraction of sp³-hybridized carbons (Fsp3) is 0.200. The van der Waals surface area contributed by atoms with Gasteiger partial charge in [0.15, 0.2) is 5.82 Å². The summed E-state index contributed by atoms with van der Waals surface area (Å²) in [5, 5.41) is 13.0. The van der Waals surface area contributed by atoms with Crippen molar-refractivity contribution in [3.05, 3.63) is 30.1 Å². The molecule has 1 atom stereocenters. The van der Waals surface area contributed by atoms with Crippen molar-refractivity contribution in [2.75, 3.05) is 0 Å². The van der Waals surface area contributed by atoms with E-state index in [2.05, 4.69) is 10.1 Å². The van der Waals surface area contributed by atoms with Crippen molar-refractivity contribution in [3.63, 3.8) is 0 Å². The van der Waals surface area contributed by atoms with Crippen LogP contribution in [0.15, 0.2) is 28.8 Å². The summed E-state index contributed by atoms with van der Waals surface area (Å²) in [7, 11) is 0. The van der Waals surface area contributed by atoms with Gasteiger partial charge in [-0.15, -0.1) is 0 Å². The average molecular weight is 205 g/mol. The van der Waals surface area contributed by atoms with Gasteiger partial charge in [-0.05, 0) is 25.1 Å². The van der Waals surface area contributed by atoms with E-state index in [9.17, 15) is 5.11 Å². The van der Waals surface area contributed by atoms with E-state index in [-0.39, 0.29) is 11.8 Å². The number of aromatic nitrogens is 2. The number of rotatable bonds is 2. The Balaban J connectivity index is 2.37. The van der Waals surface area contributed by atoms with Gasteiger partial charge in [-0.1, -0.05) is 11.2 Å². The molecule has 0 saturated heterocycles. The third kappa shape index (κ3) is 1.97. The first-order valence-corrected chi connectivity index (χ1v) is 4.55. The molecular formula is C10H11N3O2. The molecule has 15 heavy (non-hydrogen) atoms. The highest BCUT2D eigenvalue weighted by molar-refractivity contribution is 5.55. The number of aromatic hydroxyl groups is 1. The minimum atomic E-state index is -0.264. The van der Waals surface area contributed by atoms with E-state index in [1.54, 1.807) is 31.2 Å². The molecular weight excluding hydrogens is 194 g/mol. The van der Waals surface area contributed by atoms with E-state index in [0.29, 0.717) is 17.3 Å². The van der Waals surface area contributed by atoms with Crippen LogP contribution in [-0.2, 0) is 0 Å². The fourth-order valence-electron chi connectivity index (χ4n) is 1.18. The first-order valence-electron chi connectivity index (χ1n) is 4.55. The number of nitrogens with zero attached hydrogens (tertiary/aromatic N) is 2. The molecule has 0 amide bonds. The first-order chi connectivity index (χ1) is 7.16. The molecule has 1 unspecified atom stereocenters. The van der Waals surface area contributed by atoms with Gasteiger partial charge < -0.3 is 15.4 Å². The number of benzene rings is 1. The average Bonchev–Trinajstić information content (AvgIpc) is 2.66. The number of hydrogen-bond donors (Lipinski definition) is 2. The molecule has 5 nitrogen and oxygen atoms in total. The molecule has 0 aliphatic heterocycles. The molecule has 0 radical (unpaired) electrons. The van der Waals surface area contributed by atoms with E-state index in [4.69, 9.17) is 10.3 Å². The summed E-state index contributed by atoms with van der Waals surface area (Å²) in [5.74, 6) is 0.972. The van der Waals surface area contributed by atoms with Crippen molar-refractivity contribution in [3.8, 4) is 17.2 Å². The highest BCUT2D eigenvalue weighted by Gasteiger charge is 2.11. The highest BCUT2D eigenvalue weighted by atomic mass is 16.5. The number of nitrogens with two attached hydrogens (primary N) is 1. The lowest BCUT2D eigenvalue weighted by molar-refractivity contribution is 0.417. The third-order valence-corrected chi connectivity index (χ3v) is 1.94. The summed E-state index contributed by atoms with van der Waals surface area (Å²) < 4.78 is 5.01. The zero-order chi connectivity index (χ0) is 10.8. The third-order valence-electron chi connectivity index (χ3n) is 1.94. The zero-order valence-corrected chi connectivity index (χ0v) is 8.21. The van der Waals surface area contributed by atoms with E-state index in [1.807, 2.05) is 0 Å². The van der Waals surface area contributed by atoms with Crippen LogP contribution in [0.3, 0.4) is 0 Å². The SMILES string of the molecule is CC(N)c1noc(-c2cccc(O)c2)n1. The molecule has 0 fully saturated rings. The van der Waals surface area contributed by atoms with Gasteiger partial charge in [0.25, 0.3) is 5.89 Å². The van der Waals surface area contributed by atoms with Crippen LogP contribution in [0, 0.1) is 0 Å². The second-order valence-electron chi connectivity index (χ2n) is 3.30. The van der Waals surface area contributed by atoms with Crippen LogP contribution in [0.1, 0.15) is 18.8 Å². The van der Waals surface area contributed by atoms with Gasteiger partial charge in [0.05, 0.1) is 6.04 Å². The maximum atomic E-state index is 9.28. The van der Waals surface area contributed by atoms with Gasteiger partial charge >= 0.3 is 0 Å². The van der Waals surface area contributed by atoms with E-state index >= 15 is 0 Å². The van der Waals surface area contributed by atoms with Crippen molar-refractivity contribution in [2.24, 2.45) is 5.73 Å². The lowest BCUT2D eigenvalue weighted by Crippen LogP contribution is -2.06. The predicted octanol–water partition coefficient (Wildman–Crippen LogP) is 1.46. The van der Waals surface area contributed by atoms with Crippen LogP contribution in [0.25, 0.3) is 11.5 Å². The maximum Gasteiger partial charge on any atom is 0.258 e. The number of phenolic OH excluding ortho intramolecular Hbond substituents is 1. The number of hydrogen-bond acceptors (Lipinski definition) is 5. The minimum Gasteiger partial charge on any atom is -0.508 e. The zero-order valence-electron chi connectivity index (χ0n) is 8.21. The van der Waals surface area contributed by atoms with Crippen molar-refractivity contribution >= 4 is 0 Å². The standard InChI is InChI=1S/C10H11N3O2/c1-6(11)9-12-10(15-13-9)7-3-2-4-8(14)5-7/h2-6,14H,11H2,1H3. The molecule has 5 heteroatoms. The Kier molecular flexibility index (Phi) is 2.39. The van der Waals surface area contributed by atoms with E-state index < -0.39 is 0 Å². The number of phenols is 1. The van der Waals surface area contributed by atoms with Crippen molar-refractivity contribution in [1.29, 1.82) is 0 Å². The molecule has 0 saturated carbocycles. The summed E-state index contributed by atoms with van der Waals surface area (Å²) in [6.07, 6.45) is 0. The molecule has 0 bridgehead atoms. The molecule has 1 aromatic heterocycles. The van der Waals surface area contributed by atoms with Gasteiger partial charge in [-0.3, -0.25) is 0 Å². The van der Waals surface area contributed by atoms with Gasteiger partial charge in [-0.2, -0.15) is 4.98 Å². The van der Waals surface area contributed by atoms with E-state index in [1.165, 1.54) is 0 Å². The van der Waals surface area contributed by atoms with Crippen LogP contribution in [-0.4, -0.2) is 15.2 Å². The molecule has 2 aromatic rings. The monoisotopic (exact) mass is 205 g/mol. The van der Waals surface area contributed by atoms with Gasteiger partial charge in [-0.25, -0.2) is 0 Å². The quantitative estimate of drug-likeness (QED) is 0.775. The normalized spacial score (nSPS) is 12.7. The van der Waals surface area contributed by atoms with Crippen molar-refractivity contribution in [1.82, 2.24) is 10.1 Å². The summed E-state index contributed by atoms with van der Waals surface area (Å²) in [6, 6.07) is 6.35. The smallest absolute Gasteiger partial charge is 0.258 e. The Labute approximate surface area is 86.5 Å². The van der Waals surface area contributed by atoms with Crippen molar-refractivity contribution < 1.29 is 9.63 Å². The molecule has 1 aromatic carbocycles. The van der Waals surface area contributed by atoms with Crippen LogP contribution in [0.2, 0.25) is 0 Å². The molecule has 3 N–H and O–H groups in total. The van der Waals surface area contributed by atoms with Crippen LogP contribution in [0.4, 0.5) is 0 Å². The van der Waals surface area contributed by atoms with Gasteiger partial charge in [0.1, 0.15) is 5.75 Å². The topological polar surface area (TPSA) is 85.2 Å². The van der Waals surface area contributed by atoms with Gasteiger partial charge in [0, 0.05) is 5.56 Å². The Bertz CT molecular complexity index is 465. The molecule has 2 rings (SSSR count). The Morgan fingerprint density at radius 1 is 1.47 bits per heavy atom. The summed E-state index contributed by atoms with van der Waals surface area (Å²) in [6.45, 7) is 1.77. The Morgan fingerprint density at radius 2 is 2.27 bits per heavy atom. The van der Waals surface area contributed by atoms with Crippen LogP contribution < -0.4 is 5.73 Å². The van der Waals surface area contributed by atoms with Gasteiger partial charge in [0.2, 0.25) is 0 Å². The molecule has 1 heterocycles. The van der Waals surface area contributed by atoms with Crippen LogP contribution >= 0.6 is 0 Å². The molecule has 0 aliphatic carbocycles. The highest BCUT2D eigenvalue weighted by Crippen LogP contribution is 2.22. The fourth-order valence-corrected chi connectivity index (χ4v) is 1.18. The minimum absolute atomic E-state index is 0.160. The molecule has 0 spiro atoms. The molecule has 78 valence electrons. The largest absolute Gasteiger partial charge is 0.508 e. The summed E-state index contributed by atoms with van der Waals surface area (Å²) in [4.78, 5) is 4.11. The lowest BCUT2D eigenvalue weighted by atomic mass is 10.2. The van der Waals surface area contributed by atoms with Crippen molar-refractivity contribution in [2.45, 2.75) is 13.0 Å². The summed E-state index contributed by atoms with van der Waals surface area (Å²) >= 11 is 0. The Hall–Kier alpha value is -1.88. The second-order valence-corrected chi connectivity index (χ2v) is 3.30. The summed E-state index contributed by atoms with van der Waals surface area (Å²) in [5.41, 5.74) is 6.28. The maximum absolute atomic E-state index is 9.28. The van der Waals surface area contributed by atoms with Crippen LogP contribution in [0.5, 0.6) is 5.75 Å². The first kappa shape index (κ1) is 9.67. The molecule has 0 aliphatic rings. The van der Waals surface area contributed by atoms with E-state index in [0.717, 1.165) is 0 Å². The second kappa shape index (κ2) is 3.70.